The van der Waals surface area contributed by atoms with E-state index in [1.54, 1.807) is 13.1 Å². The molecule has 0 radical (unpaired) electrons. The summed E-state index contributed by atoms with van der Waals surface area (Å²) in [4.78, 5) is 4.19. The number of nitrogens with zero attached hydrogens (tertiary/aromatic N) is 2. The topological polar surface area (TPSA) is 62.5 Å². The minimum Gasteiger partial charge on any atom is -0.359 e. The molecule has 1 aromatic heterocycles. The summed E-state index contributed by atoms with van der Waals surface area (Å²) in [6, 6.07) is 7.55. The molecule has 3 rings (SSSR count). The lowest BCUT2D eigenvalue weighted by molar-refractivity contribution is -0.137. The Morgan fingerprint density at radius 1 is 1.24 bits per heavy atom. The van der Waals surface area contributed by atoms with E-state index in [1.165, 1.54) is 12.1 Å². The fraction of sp³-hybridized carbons (Fsp3) is 0.500. The summed E-state index contributed by atoms with van der Waals surface area (Å²) in [5.41, 5.74) is 0.702. The van der Waals surface area contributed by atoms with Crippen molar-refractivity contribution in [3.05, 3.63) is 52.9 Å². The van der Waals surface area contributed by atoms with Crippen molar-refractivity contribution in [3.63, 3.8) is 0 Å². The summed E-state index contributed by atoms with van der Waals surface area (Å²) in [6.45, 7) is 2.95. The van der Waals surface area contributed by atoms with E-state index >= 15 is 0 Å². The highest BCUT2D eigenvalue weighted by Crippen LogP contribution is 2.44. The van der Waals surface area contributed by atoms with E-state index in [2.05, 4.69) is 20.8 Å². The molecule has 0 spiro atoms. The minimum absolute atomic E-state index is 0. The van der Waals surface area contributed by atoms with Gasteiger partial charge in [-0.3, -0.25) is 4.99 Å². The monoisotopic (exact) mass is 522 g/mol. The van der Waals surface area contributed by atoms with Crippen molar-refractivity contribution < 1.29 is 17.7 Å². The fourth-order valence-corrected chi connectivity index (χ4v) is 3.45. The molecule has 29 heavy (non-hydrogen) atoms. The SMILES string of the molecule is CCc1cc(CNC(=NC)NCC2(c3cccc(C(F)(F)F)c3)CCC2)on1.I. The summed E-state index contributed by atoms with van der Waals surface area (Å²) < 4.78 is 44.5. The molecule has 2 aromatic rings. The van der Waals surface area contributed by atoms with Crippen LogP contribution in [0, 0.1) is 0 Å². The first kappa shape index (κ1) is 23.5. The van der Waals surface area contributed by atoms with Crippen molar-refractivity contribution in [2.45, 2.75) is 50.7 Å². The Kier molecular flexibility index (Phi) is 7.95. The molecule has 1 heterocycles. The number of aromatic nitrogens is 1. The van der Waals surface area contributed by atoms with Crippen LogP contribution in [-0.4, -0.2) is 24.7 Å². The quantitative estimate of drug-likeness (QED) is 0.329. The summed E-state index contributed by atoms with van der Waals surface area (Å²) in [7, 11) is 1.66. The van der Waals surface area contributed by atoms with Gasteiger partial charge < -0.3 is 15.2 Å². The lowest BCUT2D eigenvalue weighted by atomic mass is 9.64. The Labute approximate surface area is 185 Å². The van der Waals surface area contributed by atoms with Crippen LogP contribution in [0.25, 0.3) is 0 Å². The zero-order valence-corrected chi connectivity index (χ0v) is 18.8. The zero-order chi connectivity index (χ0) is 20.2. The summed E-state index contributed by atoms with van der Waals surface area (Å²) in [5.74, 6) is 1.28. The molecule has 5 nitrogen and oxygen atoms in total. The second kappa shape index (κ2) is 9.82. The fourth-order valence-electron chi connectivity index (χ4n) is 3.45. The molecule has 0 amide bonds. The van der Waals surface area contributed by atoms with E-state index in [0.29, 0.717) is 24.8 Å². The number of hydrogen-bond donors (Lipinski definition) is 2. The first-order valence-corrected chi connectivity index (χ1v) is 9.43. The Hall–Kier alpha value is -1.78. The first-order chi connectivity index (χ1) is 13.4. The highest BCUT2D eigenvalue weighted by atomic mass is 127. The standard InChI is InChI=1S/C20H25F3N4O.HI/c1-3-16-11-17(28-27-16)12-25-18(24-2)26-13-19(8-5-9-19)14-6-4-7-15(10-14)20(21,22)23;/h4,6-7,10-11H,3,5,8-9,12-13H2,1-2H3,(H2,24,25,26);1H. The molecule has 160 valence electrons. The Morgan fingerprint density at radius 3 is 2.55 bits per heavy atom. The molecule has 1 aromatic carbocycles. The molecule has 1 fully saturated rings. The molecule has 0 unspecified atom stereocenters. The molecule has 0 bridgehead atoms. The third-order valence-electron chi connectivity index (χ3n) is 5.33. The number of guanidine groups is 1. The Balaban J connectivity index is 0.00000300. The van der Waals surface area contributed by atoms with Gasteiger partial charge in [0.15, 0.2) is 11.7 Å². The van der Waals surface area contributed by atoms with Gasteiger partial charge in [0.2, 0.25) is 0 Å². The van der Waals surface area contributed by atoms with Gasteiger partial charge in [-0.15, -0.1) is 24.0 Å². The third kappa shape index (κ3) is 5.64. The van der Waals surface area contributed by atoms with Gasteiger partial charge in [0.1, 0.15) is 0 Å². The molecule has 1 aliphatic rings. The normalized spacial score (nSPS) is 16.0. The van der Waals surface area contributed by atoms with E-state index in [0.717, 1.165) is 43.0 Å². The molecule has 0 atom stereocenters. The minimum atomic E-state index is -4.33. The van der Waals surface area contributed by atoms with Crippen LogP contribution in [0.1, 0.15) is 48.8 Å². The van der Waals surface area contributed by atoms with Gasteiger partial charge in [-0.05, 0) is 30.9 Å². The van der Waals surface area contributed by atoms with Crippen LogP contribution in [0.3, 0.4) is 0 Å². The summed E-state index contributed by atoms with van der Waals surface area (Å²) in [5, 5.41) is 10.4. The molecule has 1 aliphatic carbocycles. The molecule has 9 heteroatoms. The van der Waals surface area contributed by atoms with Gasteiger partial charge in [-0.1, -0.05) is 36.7 Å². The molecular weight excluding hydrogens is 496 g/mol. The van der Waals surface area contributed by atoms with Crippen molar-refractivity contribution >= 4 is 29.9 Å². The van der Waals surface area contributed by atoms with Gasteiger partial charge in [0, 0.05) is 25.1 Å². The number of hydrogen-bond acceptors (Lipinski definition) is 3. The maximum atomic E-state index is 13.1. The van der Waals surface area contributed by atoms with Crippen LogP contribution in [0.15, 0.2) is 39.8 Å². The number of rotatable bonds is 6. The lowest BCUT2D eigenvalue weighted by Crippen LogP contribution is -2.48. The predicted octanol–water partition coefficient (Wildman–Crippen LogP) is 4.66. The first-order valence-electron chi connectivity index (χ1n) is 9.43. The van der Waals surface area contributed by atoms with E-state index in [-0.39, 0.29) is 29.4 Å². The number of nitrogens with one attached hydrogen (secondary N) is 2. The number of aryl methyl sites for hydroxylation is 1. The third-order valence-corrected chi connectivity index (χ3v) is 5.33. The highest BCUT2D eigenvalue weighted by molar-refractivity contribution is 14.0. The maximum absolute atomic E-state index is 13.1. The molecule has 0 saturated heterocycles. The Morgan fingerprint density at radius 2 is 2.00 bits per heavy atom. The molecule has 0 aliphatic heterocycles. The zero-order valence-electron chi connectivity index (χ0n) is 16.5. The lowest BCUT2D eigenvalue weighted by Gasteiger charge is -2.43. The predicted molar refractivity (Wildman–Crippen MR) is 116 cm³/mol. The molecule has 1 saturated carbocycles. The van der Waals surface area contributed by atoms with Crippen LogP contribution in [0.5, 0.6) is 0 Å². The number of alkyl halides is 3. The second-order valence-corrected chi connectivity index (χ2v) is 7.13. The van der Waals surface area contributed by atoms with E-state index < -0.39 is 11.7 Å². The largest absolute Gasteiger partial charge is 0.416 e. The van der Waals surface area contributed by atoms with Crippen molar-refractivity contribution in [3.8, 4) is 0 Å². The maximum Gasteiger partial charge on any atom is 0.416 e. The van der Waals surface area contributed by atoms with Gasteiger partial charge in [0.05, 0.1) is 17.8 Å². The number of aliphatic imine (C=N–C) groups is 1. The van der Waals surface area contributed by atoms with Crippen LogP contribution in [0.2, 0.25) is 0 Å². The summed E-state index contributed by atoms with van der Waals surface area (Å²) >= 11 is 0. The van der Waals surface area contributed by atoms with Crippen molar-refractivity contribution in [2.75, 3.05) is 13.6 Å². The average Bonchev–Trinajstić information content (AvgIpc) is 3.11. The van der Waals surface area contributed by atoms with Crippen molar-refractivity contribution in [1.29, 1.82) is 0 Å². The van der Waals surface area contributed by atoms with Gasteiger partial charge in [-0.25, -0.2) is 0 Å². The molecule has 2 N–H and O–H groups in total. The van der Waals surface area contributed by atoms with Gasteiger partial charge >= 0.3 is 6.18 Å². The second-order valence-electron chi connectivity index (χ2n) is 7.13. The van der Waals surface area contributed by atoms with E-state index in [4.69, 9.17) is 4.52 Å². The molecular formula is C20H26F3IN4O. The van der Waals surface area contributed by atoms with Crippen molar-refractivity contribution in [1.82, 2.24) is 15.8 Å². The van der Waals surface area contributed by atoms with Gasteiger partial charge in [0.25, 0.3) is 0 Å². The van der Waals surface area contributed by atoms with E-state index in [9.17, 15) is 13.2 Å². The number of benzene rings is 1. The highest BCUT2D eigenvalue weighted by Gasteiger charge is 2.40. The van der Waals surface area contributed by atoms with Crippen LogP contribution in [-0.2, 0) is 24.6 Å². The summed E-state index contributed by atoms with van der Waals surface area (Å²) in [6.07, 6.45) is -0.835. The van der Waals surface area contributed by atoms with Crippen LogP contribution >= 0.6 is 24.0 Å². The Bertz CT molecular complexity index is 831. The van der Waals surface area contributed by atoms with Crippen molar-refractivity contribution in [2.24, 2.45) is 4.99 Å². The van der Waals surface area contributed by atoms with Crippen LogP contribution in [0.4, 0.5) is 13.2 Å². The van der Waals surface area contributed by atoms with E-state index in [1.807, 2.05) is 13.0 Å². The smallest absolute Gasteiger partial charge is 0.359 e. The number of halogens is 4. The average molecular weight is 522 g/mol. The van der Waals surface area contributed by atoms with Crippen LogP contribution < -0.4 is 10.6 Å². The van der Waals surface area contributed by atoms with Gasteiger partial charge in [-0.2, -0.15) is 13.2 Å².